The van der Waals surface area contributed by atoms with Crippen LogP contribution in [0.3, 0.4) is 0 Å². The largest absolute Gasteiger partial charge is 0.383 e. The number of nitrogens with zero attached hydrogens (tertiary/aromatic N) is 4. The van der Waals surface area contributed by atoms with Crippen molar-refractivity contribution in [2.24, 2.45) is 5.73 Å². The van der Waals surface area contributed by atoms with E-state index in [1.54, 1.807) is 26.6 Å². The third-order valence-electron chi connectivity index (χ3n) is 6.03. The average molecular weight is 467 g/mol. The number of fused-ring (bicyclic) bond motifs is 1. The summed E-state index contributed by atoms with van der Waals surface area (Å²) in [7, 11) is 2.23. The molecule has 1 atom stereocenters. The third kappa shape index (κ3) is 4.01. The zero-order valence-corrected chi connectivity index (χ0v) is 19.5. The van der Waals surface area contributed by atoms with Crippen molar-refractivity contribution in [3.05, 3.63) is 41.1 Å². The molecular formula is C22H25FN7O2Si. The summed E-state index contributed by atoms with van der Waals surface area (Å²) < 4.78 is 24.0. The highest BCUT2D eigenvalue weighted by Crippen LogP contribution is 2.37. The lowest BCUT2D eigenvalue weighted by atomic mass is 10.1. The SMILES string of the molecule is CNc1c(C(N)=O)c(C#Cc2cc3ncn(C4CC4)c3cc2F)nn1[Si]1CN[C@@H](COC)C1. The number of nitrogens with one attached hydrogen (secondary N) is 2. The summed E-state index contributed by atoms with van der Waals surface area (Å²) in [5.74, 6) is 5.21. The predicted octanol–water partition coefficient (Wildman–Crippen LogP) is 1.24. The number of primary amides is 1. The summed E-state index contributed by atoms with van der Waals surface area (Å²) in [5.41, 5.74) is 7.80. The molecular weight excluding hydrogens is 441 g/mol. The highest BCUT2D eigenvalue weighted by Gasteiger charge is 2.33. The van der Waals surface area contributed by atoms with Crippen LogP contribution in [0.4, 0.5) is 10.2 Å². The number of ether oxygens (including phenoxy) is 1. The smallest absolute Gasteiger partial charge is 0.255 e. The molecule has 1 aromatic carbocycles. The van der Waals surface area contributed by atoms with Crippen LogP contribution in [0.15, 0.2) is 18.5 Å². The van der Waals surface area contributed by atoms with Gasteiger partial charge >= 0.3 is 0 Å². The Morgan fingerprint density at radius 1 is 1.42 bits per heavy atom. The van der Waals surface area contributed by atoms with Crippen molar-refractivity contribution >= 4 is 31.7 Å². The van der Waals surface area contributed by atoms with E-state index in [0.29, 0.717) is 24.0 Å². The Bertz CT molecular complexity index is 1290. The Morgan fingerprint density at radius 2 is 2.24 bits per heavy atom. The van der Waals surface area contributed by atoms with Crippen LogP contribution in [0, 0.1) is 17.7 Å². The molecule has 1 saturated heterocycles. The molecule has 11 heteroatoms. The number of methoxy groups -OCH3 is 1. The number of carbonyl (C=O) groups excluding carboxylic acids is 1. The van der Waals surface area contributed by atoms with Crippen molar-refractivity contribution in [3.63, 3.8) is 0 Å². The molecule has 1 aliphatic carbocycles. The van der Waals surface area contributed by atoms with Gasteiger partial charge in [-0.25, -0.2) is 9.37 Å². The molecule has 171 valence electrons. The number of rotatable bonds is 6. The van der Waals surface area contributed by atoms with Crippen molar-refractivity contribution < 1.29 is 13.9 Å². The fourth-order valence-electron chi connectivity index (χ4n) is 4.28. The van der Waals surface area contributed by atoms with E-state index in [-0.39, 0.29) is 22.9 Å². The van der Waals surface area contributed by atoms with Crippen LogP contribution in [-0.4, -0.2) is 66.8 Å². The number of carbonyl (C=O) groups is 1. The van der Waals surface area contributed by atoms with Crippen molar-refractivity contribution in [1.82, 2.24) is 24.3 Å². The maximum atomic E-state index is 14.8. The van der Waals surface area contributed by atoms with Gasteiger partial charge in [-0.3, -0.25) is 9.14 Å². The lowest BCUT2D eigenvalue weighted by molar-refractivity contribution is 0.100. The minimum Gasteiger partial charge on any atom is -0.383 e. The van der Waals surface area contributed by atoms with Crippen molar-refractivity contribution in [1.29, 1.82) is 0 Å². The van der Waals surface area contributed by atoms with Crippen molar-refractivity contribution in [3.8, 4) is 11.8 Å². The van der Waals surface area contributed by atoms with E-state index >= 15 is 0 Å². The lowest BCUT2D eigenvalue weighted by Crippen LogP contribution is -2.30. The number of aromatic nitrogens is 4. The molecule has 3 heterocycles. The quantitative estimate of drug-likeness (QED) is 0.372. The molecule has 5 rings (SSSR count). The van der Waals surface area contributed by atoms with E-state index < -0.39 is 20.7 Å². The first-order chi connectivity index (χ1) is 16.0. The minimum atomic E-state index is -1.16. The van der Waals surface area contributed by atoms with Crippen LogP contribution in [0.25, 0.3) is 11.0 Å². The summed E-state index contributed by atoms with van der Waals surface area (Å²) in [6, 6.07) is 4.64. The van der Waals surface area contributed by atoms with E-state index in [2.05, 4.69) is 32.6 Å². The summed E-state index contributed by atoms with van der Waals surface area (Å²) >= 11 is 0. The molecule has 0 bridgehead atoms. The number of anilines is 1. The average Bonchev–Trinajstić information content (AvgIpc) is 3.22. The van der Waals surface area contributed by atoms with Gasteiger partial charge in [-0.05, 0) is 30.9 Å². The van der Waals surface area contributed by atoms with E-state index in [1.807, 2.05) is 8.91 Å². The normalized spacial score (nSPS) is 18.5. The first-order valence-corrected chi connectivity index (χ1v) is 12.7. The molecule has 2 aromatic heterocycles. The number of hydrogen-bond acceptors (Lipinski definition) is 6. The van der Waals surface area contributed by atoms with Crippen molar-refractivity contribution in [2.75, 3.05) is 32.2 Å². The van der Waals surface area contributed by atoms with E-state index in [4.69, 9.17) is 10.5 Å². The number of amides is 1. The van der Waals surface area contributed by atoms with Crippen LogP contribution < -0.4 is 16.4 Å². The molecule has 2 aliphatic rings. The Balaban J connectivity index is 1.51. The Labute approximate surface area is 192 Å². The molecule has 4 N–H and O–H groups in total. The predicted molar refractivity (Wildman–Crippen MR) is 124 cm³/mol. The number of nitrogens with two attached hydrogens (primary N) is 1. The van der Waals surface area contributed by atoms with Crippen molar-refractivity contribution in [2.45, 2.75) is 31.0 Å². The van der Waals surface area contributed by atoms with Gasteiger partial charge in [0.15, 0.2) is 0 Å². The van der Waals surface area contributed by atoms with Gasteiger partial charge in [-0.15, -0.1) is 0 Å². The van der Waals surface area contributed by atoms with E-state index in [0.717, 1.165) is 30.6 Å². The number of imidazole rings is 1. The van der Waals surface area contributed by atoms with Gasteiger partial charge in [0.2, 0.25) is 8.96 Å². The van der Waals surface area contributed by atoms with Gasteiger partial charge in [-0.1, -0.05) is 5.92 Å². The van der Waals surface area contributed by atoms with Crippen LogP contribution in [0.2, 0.25) is 6.04 Å². The zero-order chi connectivity index (χ0) is 23.1. The molecule has 1 radical (unpaired) electrons. The number of benzene rings is 1. The zero-order valence-electron chi connectivity index (χ0n) is 18.5. The first-order valence-electron chi connectivity index (χ1n) is 10.9. The molecule has 1 saturated carbocycles. The third-order valence-corrected chi connectivity index (χ3v) is 8.53. The fourth-order valence-corrected chi connectivity index (χ4v) is 6.89. The number of hydrogen-bond donors (Lipinski definition) is 3. The fraction of sp³-hybridized carbons (Fsp3) is 0.409. The molecule has 0 spiro atoms. The highest BCUT2D eigenvalue weighted by molar-refractivity contribution is 6.58. The summed E-state index contributed by atoms with van der Waals surface area (Å²) in [6.07, 6.45) is 4.70. The summed E-state index contributed by atoms with van der Waals surface area (Å²) in [5, 5.41) is 11.1. The molecule has 3 aromatic rings. The Kier molecular flexibility index (Phi) is 5.65. The van der Waals surface area contributed by atoms with Gasteiger partial charge in [0.25, 0.3) is 5.91 Å². The van der Waals surface area contributed by atoms with E-state index in [9.17, 15) is 9.18 Å². The van der Waals surface area contributed by atoms with Gasteiger partial charge in [0, 0.05) is 38.5 Å². The maximum Gasteiger partial charge on any atom is 0.255 e. The Hall–Kier alpha value is -3.20. The summed E-state index contributed by atoms with van der Waals surface area (Å²) in [6.45, 7) is 0.609. The van der Waals surface area contributed by atoms with Gasteiger partial charge in [0.05, 0.1) is 29.5 Å². The molecule has 33 heavy (non-hydrogen) atoms. The van der Waals surface area contributed by atoms with E-state index in [1.165, 1.54) is 6.07 Å². The molecule has 2 fully saturated rings. The monoisotopic (exact) mass is 466 g/mol. The van der Waals surface area contributed by atoms with Crippen LogP contribution in [0.5, 0.6) is 0 Å². The summed E-state index contributed by atoms with van der Waals surface area (Å²) in [4.78, 5) is 16.7. The van der Waals surface area contributed by atoms with Gasteiger partial charge in [-0.2, -0.15) is 5.10 Å². The number of halogens is 1. The van der Waals surface area contributed by atoms with Crippen LogP contribution in [0.1, 0.15) is 40.5 Å². The minimum absolute atomic E-state index is 0.205. The first kappa shape index (κ1) is 21.6. The highest BCUT2D eigenvalue weighted by atomic mass is 28.3. The Morgan fingerprint density at radius 3 is 2.94 bits per heavy atom. The van der Waals surface area contributed by atoms with Gasteiger partial charge < -0.3 is 25.7 Å². The lowest BCUT2D eigenvalue weighted by Gasteiger charge is -2.12. The second kappa shape index (κ2) is 8.62. The van der Waals surface area contributed by atoms with Crippen LogP contribution in [-0.2, 0) is 4.74 Å². The maximum absolute atomic E-state index is 14.8. The topological polar surface area (TPSA) is 112 Å². The molecule has 9 nitrogen and oxygen atoms in total. The molecule has 1 amide bonds. The second-order valence-corrected chi connectivity index (χ2v) is 10.7. The van der Waals surface area contributed by atoms with Gasteiger partial charge in [0.1, 0.15) is 22.9 Å². The van der Waals surface area contributed by atoms with Crippen LogP contribution >= 0.6 is 0 Å². The standard InChI is InChI=1S/C22H25FN7O2Si/c1-25-22-20(21(24)31)17(28-30(22)33-10-14(9-32-2)27-12-33)6-3-13-7-18-19(8-16(13)23)29(11-26-18)15-4-5-15/h7-8,11,14-15,25,27H,4-5,9-10,12H2,1-2H3,(H2,24,31)/t14-/m0/s1. The second-order valence-electron chi connectivity index (χ2n) is 8.36. The molecule has 1 aliphatic heterocycles. The molecule has 0 unspecified atom stereocenters.